The van der Waals surface area contributed by atoms with Gasteiger partial charge in [-0.15, -0.1) is 0 Å². The van der Waals surface area contributed by atoms with Crippen LogP contribution in [0.15, 0.2) is 0 Å². The topological polar surface area (TPSA) is 55.6 Å². The molecular weight excluding hydrogens is 240 g/mol. The van der Waals surface area contributed by atoms with Gasteiger partial charge in [-0.25, -0.2) is 0 Å². The SMILES string of the molecule is CCC1COC(C)CN1C(=O)C1CC(C)CCC1N. The molecule has 2 N–H and O–H groups in total. The van der Waals surface area contributed by atoms with Crippen LogP contribution in [0.4, 0.5) is 0 Å². The Kier molecular flexibility index (Phi) is 4.85. The molecular formula is C15H28N2O2. The first-order chi connectivity index (χ1) is 9.02. The maximum atomic E-state index is 12.8. The van der Waals surface area contributed by atoms with Gasteiger partial charge in [0.25, 0.3) is 0 Å². The Morgan fingerprint density at radius 1 is 1.37 bits per heavy atom. The molecule has 0 bridgehead atoms. The molecule has 0 aromatic carbocycles. The van der Waals surface area contributed by atoms with Crippen molar-refractivity contribution in [3.8, 4) is 0 Å². The number of morpholine rings is 1. The summed E-state index contributed by atoms with van der Waals surface area (Å²) < 4.78 is 5.67. The first-order valence-electron chi connectivity index (χ1n) is 7.70. The van der Waals surface area contributed by atoms with E-state index < -0.39 is 0 Å². The van der Waals surface area contributed by atoms with E-state index in [1.165, 1.54) is 0 Å². The minimum absolute atomic E-state index is 0.0168. The summed E-state index contributed by atoms with van der Waals surface area (Å²) >= 11 is 0. The smallest absolute Gasteiger partial charge is 0.227 e. The molecule has 0 radical (unpaired) electrons. The number of amides is 1. The normalized spacial score (nSPS) is 40.2. The van der Waals surface area contributed by atoms with Gasteiger partial charge in [0, 0.05) is 12.6 Å². The molecule has 110 valence electrons. The Balaban J connectivity index is 2.07. The quantitative estimate of drug-likeness (QED) is 0.830. The number of hydrogen-bond donors (Lipinski definition) is 1. The van der Waals surface area contributed by atoms with Crippen molar-refractivity contribution in [3.63, 3.8) is 0 Å². The number of carbonyl (C=O) groups excluding carboxylic acids is 1. The van der Waals surface area contributed by atoms with Crippen LogP contribution in [-0.4, -0.2) is 42.1 Å². The van der Waals surface area contributed by atoms with Crippen LogP contribution in [-0.2, 0) is 9.53 Å². The lowest BCUT2D eigenvalue weighted by molar-refractivity contribution is -0.150. The molecule has 5 unspecified atom stereocenters. The van der Waals surface area contributed by atoms with Crippen molar-refractivity contribution < 1.29 is 9.53 Å². The minimum atomic E-state index is 0.0168. The Morgan fingerprint density at radius 2 is 2.11 bits per heavy atom. The monoisotopic (exact) mass is 268 g/mol. The van der Waals surface area contributed by atoms with Gasteiger partial charge in [-0.05, 0) is 38.5 Å². The van der Waals surface area contributed by atoms with Gasteiger partial charge in [0.1, 0.15) is 0 Å². The van der Waals surface area contributed by atoms with E-state index in [0.29, 0.717) is 12.5 Å². The fourth-order valence-electron chi connectivity index (χ4n) is 3.35. The van der Waals surface area contributed by atoms with Crippen LogP contribution in [0.2, 0.25) is 0 Å². The summed E-state index contributed by atoms with van der Waals surface area (Å²) in [6, 6.07) is 0.271. The van der Waals surface area contributed by atoms with Gasteiger partial charge >= 0.3 is 0 Å². The van der Waals surface area contributed by atoms with E-state index >= 15 is 0 Å². The van der Waals surface area contributed by atoms with E-state index in [-0.39, 0.29) is 30.0 Å². The lowest BCUT2D eigenvalue weighted by Crippen LogP contribution is -2.56. The summed E-state index contributed by atoms with van der Waals surface area (Å²) in [6.07, 6.45) is 4.18. The lowest BCUT2D eigenvalue weighted by atomic mass is 9.78. The highest BCUT2D eigenvalue weighted by molar-refractivity contribution is 5.80. The molecule has 4 nitrogen and oxygen atoms in total. The van der Waals surface area contributed by atoms with Crippen molar-refractivity contribution in [1.29, 1.82) is 0 Å². The van der Waals surface area contributed by atoms with Crippen molar-refractivity contribution in [3.05, 3.63) is 0 Å². The molecule has 0 spiro atoms. The number of hydrogen-bond acceptors (Lipinski definition) is 3. The molecule has 19 heavy (non-hydrogen) atoms. The van der Waals surface area contributed by atoms with Gasteiger partial charge < -0.3 is 15.4 Å². The molecule has 5 atom stereocenters. The van der Waals surface area contributed by atoms with Crippen LogP contribution < -0.4 is 5.73 Å². The molecule has 1 aliphatic carbocycles. The van der Waals surface area contributed by atoms with E-state index in [1.54, 1.807) is 0 Å². The van der Waals surface area contributed by atoms with Crippen LogP contribution >= 0.6 is 0 Å². The Morgan fingerprint density at radius 3 is 2.79 bits per heavy atom. The van der Waals surface area contributed by atoms with Crippen LogP contribution in [0.25, 0.3) is 0 Å². The molecule has 1 heterocycles. The summed E-state index contributed by atoms with van der Waals surface area (Å²) in [5.41, 5.74) is 6.19. The zero-order valence-electron chi connectivity index (χ0n) is 12.5. The maximum absolute atomic E-state index is 12.8. The molecule has 2 fully saturated rings. The molecule has 1 saturated carbocycles. The molecule has 4 heteroatoms. The number of rotatable bonds is 2. The Bertz CT molecular complexity index is 321. The molecule has 2 aliphatic rings. The second-order valence-electron chi connectivity index (χ2n) is 6.39. The first kappa shape index (κ1) is 14.8. The highest BCUT2D eigenvalue weighted by Crippen LogP contribution is 2.30. The molecule has 0 aromatic heterocycles. The minimum Gasteiger partial charge on any atom is -0.375 e. The van der Waals surface area contributed by atoms with Crippen molar-refractivity contribution in [2.24, 2.45) is 17.6 Å². The predicted molar refractivity (Wildman–Crippen MR) is 75.7 cm³/mol. The predicted octanol–water partition coefficient (Wildman–Crippen LogP) is 1.78. The van der Waals surface area contributed by atoms with Gasteiger partial charge in [0.05, 0.1) is 24.7 Å². The highest BCUT2D eigenvalue weighted by atomic mass is 16.5. The average molecular weight is 268 g/mol. The standard InChI is InChI=1S/C15H28N2O2/c1-4-12-9-19-11(3)8-17(12)15(18)13-7-10(2)5-6-14(13)16/h10-14H,4-9,16H2,1-3H3. The van der Waals surface area contributed by atoms with Gasteiger partial charge in [0.15, 0.2) is 0 Å². The average Bonchev–Trinajstić information content (AvgIpc) is 2.40. The zero-order chi connectivity index (χ0) is 14.0. The first-order valence-corrected chi connectivity index (χ1v) is 7.70. The van der Waals surface area contributed by atoms with Crippen LogP contribution in [0.1, 0.15) is 46.5 Å². The number of nitrogens with two attached hydrogens (primary N) is 1. The van der Waals surface area contributed by atoms with E-state index in [1.807, 2.05) is 11.8 Å². The molecule has 0 aromatic rings. The van der Waals surface area contributed by atoms with Gasteiger partial charge in [-0.2, -0.15) is 0 Å². The summed E-state index contributed by atoms with van der Waals surface area (Å²) in [4.78, 5) is 14.9. The van der Waals surface area contributed by atoms with Crippen LogP contribution in [0.3, 0.4) is 0 Å². The van der Waals surface area contributed by atoms with E-state index in [2.05, 4.69) is 13.8 Å². The van der Waals surface area contributed by atoms with Crippen LogP contribution in [0, 0.1) is 11.8 Å². The third-order valence-corrected chi connectivity index (χ3v) is 4.71. The van der Waals surface area contributed by atoms with Crippen molar-refractivity contribution >= 4 is 5.91 Å². The Labute approximate surface area is 116 Å². The molecule has 1 amide bonds. The fourth-order valence-corrected chi connectivity index (χ4v) is 3.35. The summed E-state index contributed by atoms with van der Waals surface area (Å²) in [6.45, 7) is 7.77. The lowest BCUT2D eigenvalue weighted by Gasteiger charge is -2.42. The number of ether oxygens (including phenoxy) is 1. The second-order valence-corrected chi connectivity index (χ2v) is 6.39. The summed E-state index contributed by atoms with van der Waals surface area (Å²) in [7, 11) is 0. The Hall–Kier alpha value is -0.610. The molecule has 1 aliphatic heterocycles. The summed E-state index contributed by atoms with van der Waals surface area (Å²) in [5, 5.41) is 0. The molecule has 1 saturated heterocycles. The second kappa shape index (κ2) is 6.23. The van der Waals surface area contributed by atoms with Crippen molar-refractivity contribution in [1.82, 2.24) is 4.90 Å². The summed E-state index contributed by atoms with van der Waals surface area (Å²) in [5.74, 6) is 0.899. The zero-order valence-corrected chi connectivity index (χ0v) is 12.5. The van der Waals surface area contributed by atoms with E-state index in [9.17, 15) is 4.79 Å². The maximum Gasteiger partial charge on any atom is 0.227 e. The van der Waals surface area contributed by atoms with Gasteiger partial charge in [-0.1, -0.05) is 13.8 Å². The number of nitrogens with zero attached hydrogens (tertiary/aromatic N) is 1. The van der Waals surface area contributed by atoms with E-state index in [0.717, 1.165) is 32.2 Å². The third kappa shape index (κ3) is 3.29. The largest absolute Gasteiger partial charge is 0.375 e. The highest BCUT2D eigenvalue weighted by Gasteiger charge is 2.38. The van der Waals surface area contributed by atoms with Crippen molar-refractivity contribution in [2.45, 2.75) is 64.6 Å². The van der Waals surface area contributed by atoms with E-state index in [4.69, 9.17) is 10.5 Å². The third-order valence-electron chi connectivity index (χ3n) is 4.71. The molecule has 2 rings (SSSR count). The van der Waals surface area contributed by atoms with Gasteiger partial charge in [-0.3, -0.25) is 4.79 Å². The van der Waals surface area contributed by atoms with Crippen molar-refractivity contribution in [2.75, 3.05) is 13.2 Å². The van der Waals surface area contributed by atoms with Gasteiger partial charge in [0.2, 0.25) is 5.91 Å². The number of carbonyl (C=O) groups is 1. The van der Waals surface area contributed by atoms with Crippen LogP contribution in [0.5, 0.6) is 0 Å². The fraction of sp³-hybridized carbons (Fsp3) is 0.933.